The fourth-order valence-corrected chi connectivity index (χ4v) is 6.71. The van der Waals surface area contributed by atoms with Gasteiger partial charge in [-0.1, -0.05) is 57.0 Å². The molecule has 1 unspecified atom stereocenters. The second-order valence-corrected chi connectivity index (χ2v) is 16.4. The van der Waals surface area contributed by atoms with Crippen LogP contribution in [0.3, 0.4) is 0 Å². The molecule has 2 fully saturated rings. The number of ether oxygens (including phenoxy) is 1. The Hall–Kier alpha value is -2.10. The molecule has 2 amide bonds. The first-order valence-electron chi connectivity index (χ1n) is 16.6. The van der Waals surface area contributed by atoms with Gasteiger partial charge in [0.05, 0.1) is 11.2 Å². The van der Waals surface area contributed by atoms with E-state index in [0.717, 1.165) is 45.0 Å². The van der Waals surface area contributed by atoms with E-state index >= 15 is 0 Å². The van der Waals surface area contributed by atoms with Crippen molar-refractivity contribution in [3.8, 4) is 0 Å². The molecule has 9 heteroatoms. The molecule has 2 aliphatic heterocycles. The van der Waals surface area contributed by atoms with Gasteiger partial charge in [-0.15, -0.1) is 0 Å². The maximum atomic E-state index is 13.7. The maximum Gasteiger partial charge on any atom is 0.457 e. The lowest BCUT2D eigenvalue weighted by Crippen LogP contribution is -2.55. The highest BCUT2D eigenvalue weighted by atomic mass is 16.7. The molecule has 1 aromatic carbocycles. The van der Waals surface area contributed by atoms with E-state index in [-0.39, 0.29) is 47.3 Å². The van der Waals surface area contributed by atoms with Gasteiger partial charge in [-0.2, -0.15) is 0 Å². The van der Waals surface area contributed by atoms with Crippen molar-refractivity contribution in [3.05, 3.63) is 35.9 Å². The molecule has 3 atom stereocenters. The molecule has 2 saturated heterocycles. The van der Waals surface area contributed by atoms with Gasteiger partial charge in [-0.25, -0.2) is 4.79 Å². The molecule has 248 valence electrons. The zero-order valence-electron chi connectivity index (χ0n) is 29.6. The van der Waals surface area contributed by atoms with Crippen LogP contribution < -0.4 is 10.6 Å². The Kier molecular flexibility index (Phi) is 11.3. The largest absolute Gasteiger partial charge is 0.457 e. The van der Waals surface area contributed by atoms with Gasteiger partial charge >= 0.3 is 13.2 Å². The first-order chi connectivity index (χ1) is 20.1. The van der Waals surface area contributed by atoms with Crippen molar-refractivity contribution in [2.24, 2.45) is 5.92 Å². The summed E-state index contributed by atoms with van der Waals surface area (Å²) in [5.41, 5.74) is -0.228. The second-order valence-electron chi connectivity index (χ2n) is 16.4. The normalized spacial score (nSPS) is 24.4. The number of amides is 2. The lowest BCUT2D eigenvalue weighted by molar-refractivity contribution is -0.124. The quantitative estimate of drug-likeness (QED) is 0.212. The zero-order valence-corrected chi connectivity index (χ0v) is 29.6. The minimum atomic E-state index is -0.683. The van der Waals surface area contributed by atoms with Crippen molar-refractivity contribution in [1.82, 2.24) is 15.5 Å². The minimum absolute atomic E-state index is 0.0461. The van der Waals surface area contributed by atoms with Gasteiger partial charge in [-0.05, 0) is 106 Å². The van der Waals surface area contributed by atoms with Crippen LogP contribution in [0.5, 0.6) is 0 Å². The summed E-state index contributed by atoms with van der Waals surface area (Å²) in [6.07, 6.45) is 5.03. The second kappa shape index (κ2) is 13.7. The molecule has 44 heavy (non-hydrogen) atoms. The summed E-state index contributed by atoms with van der Waals surface area (Å²) in [6, 6.07) is 9.95. The van der Waals surface area contributed by atoms with Crippen molar-refractivity contribution in [2.45, 2.75) is 161 Å². The Morgan fingerprint density at radius 3 is 2.11 bits per heavy atom. The van der Waals surface area contributed by atoms with E-state index in [4.69, 9.17) is 14.0 Å². The Bertz CT molecular complexity index is 1100. The SMILES string of the molecule is CC(C)C(NC(=O)OC(C)(C)C)C(=O)N[C@H]1CN(C(C)(C)C)[C@](CCCCB2OC(C)(C)C(C)(C)O2)(Cc2ccccc2)C1. The van der Waals surface area contributed by atoms with E-state index in [9.17, 15) is 9.59 Å². The fraction of sp³-hybridized carbons (Fsp3) is 0.771. The minimum Gasteiger partial charge on any atom is -0.444 e. The number of nitrogens with zero attached hydrogens (tertiary/aromatic N) is 1. The maximum absolute atomic E-state index is 13.7. The van der Waals surface area contributed by atoms with Crippen LogP contribution in [0.25, 0.3) is 0 Å². The lowest BCUT2D eigenvalue weighted by atomic mass is 9.77. The van der Waals surface area contributed by atoms with E-state index in [1.807, 2.05) is 34.6 Å². The topological polar surface area (TPSA) is 89.1 Å². The third-order valence-corrected chi connectivity index (χ3v) is 9.39. The molecule has 0 aromatic heterocycles. The molecule has 0 spiro atoms. The van der Waals surface area contributed by atoms with Gasteiger partial charge in [0, 0.05) is 23.7 Å². The smallest absolute Gasteiger partial charge is 0.444 e. The molecule has 0 radical (unpaired) electrons. The summed E-state index contributed by atoms with van der Waals surface area (Å²) in [5.74, 6) is -0.257. The Morgan fingerprint density at radius 2 is 1.59 bits per heavy atom. The van der Waals surface area contributed by atoms with Gasteiger partial charge < -0.3 is 24.7 Å². The number of carbonyl (C=O) groups excluding carboxylic acids is 2. The van der Waals surface area contributed by atoms with Crippen LogP contribution in [0.1, 0.15) is 114 Å². The average Bonchev–Trinajstić information content (AvgIpc) is 3.31. The number of carbonyl (C=O) groups is 2. The van der Waals surface area contributed by atoms with Crippen molar-refractivity contribution >= 4 is 19.1 Å². The standard InChI is InChI=1S/C35H60BN3O5/c1-25(2)28(38-30(41)42-32(6,7)8)29(40)37-27-23-35(39(24-27)31(3,4)5,22-26-18-14-13-15-19-26)20-16-17-21-36-43-33(9,10)34(11,12)44-36/h13-15,18-19,25,27-28H,16-17,20-24H2,1-12H3,(H,37,40)(H,38,41)/t27-,28?,35-/m1/s1. The third-order valence-electron chi connectivity index (χ3n) is 9.39. The monoisotopic (exact) mass is 613 g/mol. The highest BCUT2D eigenvalue weighted by Gasteiger charge is 2.52. The van der Waals surface area contributed by atoms with Gasteiger partial charge in [0.1, 0.15) is 11.6 Å². The molecule has 2 N–H and O–H groups in total. The Labute approximate surface area is 267 Å². The first kappa shape index (κ1) is 36.4. The number of hydrogen-bond acceptors (Lipinski definition) is 6. The molecule has 3 rings (SSSR count). The molecule has 0 aliphatic carbocycles. The predicted molar refractivity (Wildman–Crippen MR) is 179 cm³/mol. The van der Waals surface area contributed by atoms with Crippen LogP contribution in [0.2, 0.25) is 6.32 Å². The van der Waals surface area contributed by atoms with E-state index in [1.54, 1.807) is 0 Å². The van der Waals surface area contributed by atoms with E-state index in [2.05, 4.69) is 94.3 Å². The van der Waals surface area contributed by atoms with Crippen LogP contribution in [-0.2, 0) is 25.3 Å². The van der Waals surface area contributed by atoms with E-state index < -0.39 is 17.7 Å². The number of rotatable bonds is 11. The summed E-state index contributed by atoms with van der Waals surface area (Å²) < 4.78 is 18.0. The van der Waals surface area contributed by atoms with Crippen LogP contribution >= 0.6 is 0 Å². The predicted octanol–water partition coefficient (Wildman–Crippen LogP) is 6.77. The summed E-state index contributed by atoms with van der Waals surface area (Å²) in [7, 11) is -0.190. The molecule has 0 saturated carbocycles. The van der Waals surface area contributed by atoms with Crippen molar-refractivity contribution < 1.29 is 23.6 Å². The lowest BCUT2D eigenvalue weighted by Gasteiger charge is -2.47. The molecular formula is C35H60BN3O5. The molecule has 1 aromatic rings. The van der Waals surface area contributed by atoms with Crippen molar-refractivity contribution in [3.63, 3.8) is 0 Å². The molecule has 0 bridgehead atoms. The highest BCUT2D eigenvalue weighted by Crippen LogP contribution is 2.43. The first-order valence-corrected chi connectivity index (χ1v) is 16.6. The van der Waals surface area contributed by atoms with E-state index in [1.165, 1.54) is 5.56 Å². The number of hydrogen-bond donors (Lipinski definition) is 2. The molecule has 8 nitrogen and oxygen atoms in total. The Balaban J connectivity index is 1.77. The highest BCUT2D eigenvalue weighted by molar-refractivity contribution is 6.45. The van der Waals surface area contributed by atoms with Crippen molar-refractivity contribution in [2.75, 3.05) is 6.54 Å². The van der Waals surface area contributed by atoms with E-state index in [0.29, 0.717) is 0 Å². The zero-order chi connectivity index (χ0) is 33.1. The number of benzene rings is 1. The molecule has 2 aliphatic rings. The van der Waals surface area contributed by atoms with Crippen LogP contribution in [0.4, 0.5) is 4.79 Å². The molecule has 2 heterocycles. The van der Waals surface area contributed by atoms with Crippen LogP contribution in [0.15, 0.2) is 30.3 Å². The van der Waals surface area contributed by atoms with Gasteiger partial charge in [0.25, 0.3) is 0 Å². The van der Waals surface area contributed by atoms with Crippen LogP contribution in [0, 0.1) is 5.92 Å². The van der Waals surface area contributed by atoms with Gasteiger partial charge in [0.2, 0.25) is 5.91 Å². The van der Waals surface area contributed by atoms with Gasteiger partial charge in [0.15, 0.2) is 0 Å². The average molecular weight is 614 g/mol. The summed E-state index contributed by atoms with van der Waals surface area (Å²) in [5, 5.41) is 6.15. The number of unbranched alkanes of at least 4 members (excludes halogenated alkanes) is 1. The summed E-state index contributed by atoms with van der Waals surface area (Å²) in [6.45, 7) is 25.3. The van der Waals surface area contributed by atoms with Gasteiger partial charge in [-0.3, -0.25) is 9.69 Å². The Morgan fingerprint density at radius 1 is 1.00 bits per heavy atom. The summed E-state index contributed by atoms with van der Waals surface area (Å²) >= 11 is 0. The molecular weight excluding hydrogens is 553 g/mol. The van der Waals surface area contributed by atoms with Crippen molar-refractivity contribution in [1.29, 1.82) is 0 Å². The summed E-state index contributed by atoms with van der Waals surface area (Å²) in [4.78, 5) is 28.8. The number of nitrogens with one attached hydrogen (secondary N) is 2. The number of likely N-dealkylation sites (tertiary alicyclic amines) is 1. The third kappa shape index (κ3) is 9.46. The van der Waals surface area contributed by atoms with Crippen LogP contribution in [-0.4, -0.2) is 70.5 Å². The number of alkyl carbamates (subject to hydrolysis) is 1. The fourth-order valence-electron chi connectivity index (χ4n) is 6.71.